The molecule has 0 aliphatic rings. The van der Waals surface area contributed by atoms with Crippen LogP contribution in [-0.4, -0.2) is 25.5 Å². The molecule has 0 bridgehead atoms. The van der Waals surface area contributed by atoms with Crippen molar-refractivity contribution < 1.29 is 18.3 Å². The molecule has 1 nitrogen and oxygen atoms in total. The molecule has 0 rings (SSSR count). The Kier molecular flexibility index (Phi) is 3.14. The van der Waals surface area contributed by atoms with Crippen LogP contribution in [0.5, 0.6) is 0 Å². The van der Waals surface area contributed by atoms with E-state index in [0.717, 1.165) is 0 Å². The summed E-state index contributed by atoms with van der Waals surface area (Å²) in [6.45, 7) is 8.42. The second kappa shape index (κ2) is 3.22. The van der Waals surface area contributed by atoms with Gasteiger partial charge in [0.05, 0.1) is 8.07 Å². The molecule has 0 aliphatic carbocycles. The van der Waals surface area contributed by atoms with Gasteiger partial charge in [0.15, 0.2) is 6.10 Å². The summed E-state index contributed by atoms with van der Waals surface area (Å²) in [5, 5.41) is 8.73. The van der Waals surface area contributed by atoms with Gasteiger partial charge in [-0.2, -0.15) is 13.2 Å². The van der Waals surface area contributed by atoms with E-state index < -0.39 is 20.4 Å². The first-order valence-corrected chi connectivity index (χ1v) is 7.01. The van der Waals surface area contributed by atoms with Crippen molar-refractivity contribution in [3.05, 3.63) is 11.8 Å². The summed E-state index contributed by atoms with van der Waals surface area (Å²) < 4.78 is 35.8. The first-order chi connectivity index (χ1) is 5.07. The Morgan fingerprint density at radius 3 is 1.75 bits per heavy atom. The van der Waals surface area contributed by atoms with Gasteiger partial charge < -0.3 is 5.11 Å². The highest BCUT2D eigenvalue weighted by Crippen LogP contribution is 2.29. The number of rotatable bonds is 2. The number of alkyl halides is 3. The van der Waals surface area contributed by atoms with Crippen molar-refractivity contribution in [2.45, 2.75) is 31.9 Å². The normalized spacial score (nSPS) is 15.9. The maximum Gasteiger partial charge on any atom is 0.417 e. The SMILES string of the molecule is C=C(C(O)C(F)(F)F)[Si](C)(C)C. The van der Waals surface area contributed by atoms with Crippen LogP contribution in [0.25, 0.3) is 0 Å². The van der Waals surface area contributed by atoms with Crippen molar-refractivity contribution in [3.8, 4) is 0 Å². The fourth-order valence-corrected chi connectivity index (χ4v) is 1.59. The van der Waals surface area contributed by atoms with Gasteiger partial charge in [-0.05, 0) is 0 Å². The summed E-state index contributed by atoms with van der Waals surface area (Å²) in [6, 6.07) is 0. The first kappa shape index (κ1) is 11.7. The van der Waals surface area contributed by atoms with Crippen LogP contribution in [-0.2, 0) is 0 Å². The highest BCUT2D eigenvalue weighted by atomic mass is 28.3. The Hall–Kier alpha value is -0.293. The van der Waals surface area contributed by atoms with Crippen molar-refractivity contribution in [2.24, 2.45) is 0 Å². The molecule has 0 saturated heterocycles. The Bertz CT molecular complexity index is 180. The fraction of sp³-hybridized carbons (Fsp3) is 0.714. The molecule has 0 saturated carbocycles. The Morgan fingerprint density at radius 1 is 1.33 bits per heavy atom. The summed E-state index contributed by atoms with van der Waals surface area (Å²) in [6.07, 6.45) is -6.93. The highest BCUT2D eigenvalue weighted by Gasteiger charge is 2.43. The lowest BCUT2D eigenvalue weighted by Crippen LogP contribution is -2.40. The zero-order valence-corrected chi connectivity index (χ0v) is 8.37. The lowest BCUT2D eigenvalue weighted by Gasteiger charge is -2.25. The lowest BCUT2D eigenvalue weighted by molar-refractivity contribution is -0.189. The van der Waals surface area contributed by atoms with Crippen molar-refractivity contribution in [3.63, 3.8) is 0 Å². The van der Waals surface area contributed by atoms with Gasteiger partial charge >= 0.3 is 6.18 Å². The molecule has 0 aliphatic heterocycles. The van der Waals surface area contributed by atoms with E-state index in [1.54, 1.807) is 19.6 Å². The molecule has 5 heteroatoms. The number of halogens is 3. The van der Waals surface area contributed by atoms with Gasteiger partial charge in [0, 0.05) is 0 Å². The molecule has 0 radical (unpaired) electrons. The largest absolute Gasteiger partial charge is 0.417 e. The first-order valence-electron chi connectivity index (χ1n) is 3.51. The van der Waals surface area contributed by atoms with E-state index in [4.69, 9.17) is 5.11 Å². The molecule has 1 atom stereocenters. The molecule has 0 aromatic heterocycles. The predicted molar refractivity (Wildman–Crippen MR) is 44.5 cm³/mol. The summed E-state index contributed by atoms with van der Waals surface area (Å²) >= 11 is 0. The van der Waals surface area contributed by atoms with Gasteiger partial charge in [0.25, 0.3) is 0 Å². The van der Waals surface area contributed by atoms with Crippen LogP contribution in [0.4, 0.5) is 13.2 Å². The van der Waals surface area contributed by atoms with E-state index in [9.17, 15) is 13.2 Å². The molecule has 0 fully saturated rings. The summed E-state index contributed by atoms with van der Waals surface area (Å²) in [5.41, 5.74) is 0. The second-order valence-electron chi connectivity index (χ2n) is 3.72. The monoisotopic (exact) mass is 198 g/mol. The molecule has 0 aromatic carbocycles. The van der Waals surface area contributed by atoms with Crippen molar-refractivity contribution in [2.75, 3.05) is 0 Å². The number of aliphatic hydroxyl groups is 1. The van der Waals surface area contributed by atoms with E-state index in [-0.39, 0.29) is 5.20 Å². The van der Waals surface area contributed by atoms with Crippen molar-refractivity contribution in [1.82, 2.24) is 0 Å². The van der Waals surface area contributed by atoms with E-state index in [1.807, 2.05) is 0 Å². The van der Waals surface area contributed by atoms with Crippen LogP contribution in [0.1, 0.15) is 0 Å². The smallest absolute Gasteiger partial charge is 0.380 e. The third-order valence-corrected chi connectivity index (χ3v) is 3.80. The minimum absolute atomic E-state index is 0.0741. The summed E-state index contributed by atoms with van der Waals surface area (Å²) in [4.78, 5) is 0. The molecule has 0 spiro atoms. The van der Waals surface area contributed by atoms with Crippen molar-refractivity contribution in [1.29, 1.82) is 0 Å². The summed E-state index contributed by atoms with van der Waals surface area (Å²) in [5.74, 6) is 0. The second-order valence-corrected chi connectivity index (χ2v) is 8.86. The molecule has 1 unspecified atom stereocenters. The molecular weight excluding hydrogens is 185 g/mol. The Morgan fingerprint density at radius 2 is 1.67 bits per heavy atom. The molecule has 0 amide bonds. The van der Waals surface area contributed by atoms with Gasteiger partial charge in [0.1, 0.15) is 0 Å². The lowest BCUT2D eigenvalue weighted by atomic mass is 10.3. The van der Waals surface area contributed by atoms with Crippen LogP contribution in [0.15, 0.2) is 11.8 Å². The van der Waals surface area contributed by atoms with Gasteiger partial charge in [-0.1, -0.05) is 24.8 Å². The minimum Gasteiger partial charge on any atom is -0.380 e. The van der Waals surface area contributed by atoms with Crippen LogP contribution in [0.3, 0.4) is 0 Å². The standard InChI is InChI=1S/C7H13F3OSi/c1-5(12(2,3)4)6(11)7(8,9)10/h6,11H,1H2,2-4H3. The zero-order valence-electron chi connectivity index (χ0n) is 7.37. The van der Waals surface area contributed by atoms with Crippen LogP contribution >= 0.6 is 0 Å². The number of aliphatic hydroxyl groups excluding tert-OH is 1. The summed E-state index contributed by atoms with van der Waals surface area (Å²) in [7, 11) is -2.10. The Labute approximate surface area is 70.9 Å². The number of hydrogen-bond donors (Lipinski definition) is 1. The van der Waals surface area contributed by atoms with Crippen LogP contribution in [0, 0.1) is 0 Å². The fourth-order valence-electron chi connectivity index (χ4n) is 0.608. The average molecular weight is 198 g/mol. The molecule has 0 heterocycles. The maximum atomic E-state index is 11.9. The molecule has 12 heavy (non-hydrogen) atoms. The van der Waals surface area contributed by atoms with Gasteiger partial charge in [-0.3, -0.25) is 0 Å². The Balaban J connectivity index is 4.53. The molecular formula is C7H13F3OSi. The topological polar surface area (TPSA) is 20.2 Å². The van der Waals surface area contributed by atoms with E-state index in [1.165, 1.54) is 0 Å². The van der Waals surface area contributed by atoms with Crippen LogP contribution < -0.4 is 0 Å². The van der Waals surface area contributed by atoms with Crippen LogP contribution in [0.2, 0.25) is 19.6 Å². The minimum atomic E-state index is -4.57. The van der Waals surface area contributed by atoms with E-state index in [2.05, 4.69) is 6.58 Å². The molecule has 1 N–H and O–H groups in total. The average Bonchev–Trinajstić information content (AvgIpc) is 1.80. The quantitative estimate of drug-likeness (QED) is 0.675. The maximum absolute atomic E-state index is 11.9. The van der Waals surface area contributed by atoms with E-state index in [0.29, 0.717) is 0 Å². The molecule has 0 aromatic rings. The molecule has 72 valence electrons. The predicted octanol–water partition coefficient (Wildman–Crippen LogP) is 2.34. The highest BCUT2D eigenvalue weighted by molar-refractivity contribution is 6.83. The van der Waals surface area contributed by atoms with E-state index >= 15 is 0 Å². The van der Waals surface area contributed by atoms with Crippen molar-refractivity contribution >= 4 is 8.07 Å². The zero-order chi connectivity index (χ0) is 10.2. The third-order valence-electron chi connectivity index (χ3n) is 1.60. The third kappa shape index (κ3) is 2.98. The van der Waals surface area contributed by atoms with Gasteiger partial charge in [0.2, 0.25) is 0 Å². The van der Waals surface area contributed by atoms with Gasteiger partial charge in [-0.25, -0.2) is 0 Å². The van der Waals surface area contributed by atoms with Gasteiger partial charge in [-0.15, -0.1) is 6.58 Å². The number of hydrogen-bond acceptors (Lipinski definition) is 1.